The molecule has 1 saturated heterocycles. The molecule has 2 aliphatic heterocycles. The van der Waals surface area contributed by atoms with Gasteiger partial charge in [-0.05, 0) is 24.1 Å². The van der Waals surface area contributed by atoms with Gasteiger partial charge >= 0.3 is 6.09 Å². The predicted octanol–water partition coefficient (Wildman–Crippen LogP) is 2.35. The molecule has 3 aliphatic rings. The number of amides is 1. The Morgan fingerprint density at radius 2 is 1.85 bits per heavy atom. The monoisotopic (exact) mass is 455 g/mol. The van der Waals surface area contributed by atoms with Crippen LogP contribution in [0.25, 0.3) is 0 Å². The lowest BCUT2D eigenvalue weighted by molar-refractivity contribution is -0.116. The van der Waals surface area contributed by atoms with Crippen LogP contribution in [0.5, 0.6) is 17.2 Å². The molecular weight excluding hydrogens is 430 g/mol. The Hall–Kier alpha value is -3.71. The summed E-state index contributed by atoms with van der Waals surface area (Å²) in [6.45, 7) is 1.70. The first-order chi connectivity index (χ1) is 16.0. The fraction of sp³-hybridized carbons (Fsp3) is 0.435. The number of morpholine rings is 1. The van der Waals surface area contributed by atoms with E-state index in [4.69, 9.17) is 29.4 Å². The van der Waals surface area contributed by atoms with Crippen molar-refractivity contribution < 1.29 is 33.3 Å². The third kappa shape index (κ3) is 4.19. The number of hydrogen-bond donors (Lipinski definition) is 1. The Balaban J connectivity index is 1.77. The third-order valence-corrected chi connectivity index (χ3v) is 5.88. The van der Waals surface area contributed by atoms with Crippen LogP contribution in [0.2, 0.25) is 0 Å². The van der Waals surface area contributed by atoms with E-state index < -0.39 is 12.0 Å². The lowest BCUT2D eigenvalue weighted by Crippen LogP contribution is -2.42. The summed E-state index contributed by atoms with van der Waals surface area (Å²) in [5.74, 6) is 0.162. The van der Waals surface area contributed by atoms with Crippen molar-refractivity contribution in [2.75, 3.05) is 40.5 Å². The molecular formula is C23H25N3O7. The van der Waals surface area contributed by atoms with Crippen molar-refractivity contribution in [3.63, 3.8) is 0 Å². The maximum atomic E-state index is 12.8. The summed E-state index contributed by atoms with van der Waals surface area (Å²) in [6.07, 6.45) is 1.02. The highest BCUT2D eigenvalue weighted by atomic mass is 16.6. The molecule has 0 saturated carbocycles. The number of hydrogen-bond acceptors (Lipinski definition) is 9. The van der Waals surface area contributed by atoms with Crippen LogP contribution in [0, 0.1) is 11.3 Å². The maximum Gasteiger partial charge on any atom is 0.415 e. The average Bonchev–Trinajstić information content (AvgIpc) is 2.83. The van der Waals surface area contributed by atoms with Gasteiger partial charge in [0.05, 0.1) is 33.4 Å². The van der Waals surface area contributed by atoms with Crippen LogP contribution < -0.4 is 19.9 Å². The zero-order valence-corrected chi connectivity index (χ0v) is 18.5. The first kappa shape index (κ1) is 22.5. The number of benzene rings is 1. The number of methoxy groups -OCH3 is 2. The van der Waals surface area contributed by atoms with Crippen molar-refractivity contribution >= 4 is 11.9 Å². The molecule has 0 spiro atoms. The van der Waals surface area contributed by atoms with Crippen LogP contribution in [0.15, 0.2) is 34.9 Å². The number of nitriles is 1. The molecule has 0 radical (unpaired) electrons. The van der Waals surface area contributed by atoms with Gasteiger partial charge in [0.25, 0.3) is 0 Å². The molecule has 0 unspecified atom stereocenters. The third-order valence-electron chi connectivity index (χ3n) is 5.88. The second kappa shape index (κ2) is 9.42. The molecule has 1 atom stereocenters. The van der Waals surface area contributed by atoms with E-state index in [1.807, 2.05) is 0 Å². The molecule has 1 fully saturated rings. The average molecular weight is 455 g/mol. The molecule has 1 aromatic carbocycles. The van der Waals surface area contributed by atoms with Gasteiger partial charge in [-0.25, -0.2) is 4.79 Å². The Kier molecular flexibility index (Phi) is 6.42. The van der Waals surface area contributed by atoms with Gasteiger partial charge in [-0.1, -0.05) is 0 Å². The summed E-state index contributed by atoms with van der Waals surface area (Å²) < 4.78 is 27.5. The molecule has 0 bridgehead atoms. The molecule has 4 rings (SSSR count). The minimum absolute atomic E-state index is 0.0308. The number of rotatable bonds is 4. The number of ether oxygens (including phenoxy) is 5. The van der Waals surface area contributed by atoms with E-state index in [1.54, 1.807) is 12.1 Å². The van der Waals surface area contributed by atoms with Crippen molar-refractivity contribution in [2.45, 2.75) is 25.2 Å². The molecule has 2 N–H and O–H groups in total. The summed E-state index contributed by atoms with van der Waals surface area (Å²) in [5.41, 5.74) is 7.12. The SMILES string of the molecule is COc1cc([C@H]2C(C#N)=C(N)OC3=C2C(=O)CCC3)cc(OC)c1OC(=O)N1CCOCC1. The molecule has 33 heavy (non-hydrogen) atoms. The van der Waals surface area contributed by atoms with Gasteiger partial charge in [-0.3, -0.25) is 4.79 Å². The van der Waals surface area contributed by atoms with Crippen LogP contribution in [-0.2, 0) is 14.3 Å². The van der Waals surface area contributed by atoms with E-state index in [9.17, 15) is 14.9 Å². The van der Waals surface area contributed by atoms with E-state index in [2.05, 4.69) is 6.07 Å². The van der Waals surface area contributed by atoms with E-state index in [0.29, 0.717) is 62.5 Å². The van der Waals surface area contributed by atoms with E-state index in [-0.39, 0.29) is 34.5 Å². The standard InChI is InChI=1S/C23H25N3O7/c1-29-17-10-13(11-18(30-2)21(17)33-23(28)26-6-8-31-9-7-26)19-14(12-24)22(25)32-16-5-3-4-15(27)20(16)19/h10-11,19H,3-9,25H2,1-2H3/t19-/m0/s1. The van der Waals surface area contributed by atoms with Gasteiger partial charge in [0.15, 0.2) is 17.3 Å². The normalized spacial score (nSPS) is 20.6. The van der Waals surface area contributed by atoms with Gasteiger partial charge in [0, 0.05) is 31.5 Å². The topological polar surface area (TPSA) is 133 Å². The van der Waals surface area contributed by atoms with Crippen LogP contribution in [0.4, 0.5) is 4.79 Å². The highest BCUT2D eigenvalue weighted by Crippen LogP contribution is 2.47. The Morgan fingerprint density at radius 3 is 2.45 bits per heavy atom. The van der Waals surface area contributed by atoms with Crippen molar-refractivity contribution in [1.29, 1.82) is 5.26 Å². The Morgan fingerprint density at radius 1 is 1.18 bits per heavy atom. The van der Waals surface area contributed by atoms with Gasteiger partial charge in [-0.2, -0.15) is 5.26 Å². The highest BCUT2D eigenvalue weighted by Gasteiger charge is 2.39. The molecule has 1 amide bonds. The van der Waals surface area contributed by atoms with Crippen molar-refractivity contribution in [2.24, 2.45) is 5.73 Å². The van der Waals surface area contributed by atoms with Crippen LogP contribution in [0.3, 0.4) is 0 Å². The van der Waals surface area contributed by atoms with Crippen LogP contribution in [0.1, 0.15) is 30.7 Å². The second-order valence-electron chi connectivity index (χ2n) is 7.76. The minimum atomic E-state index is -0.738. The first-order valence-corrected chi connectivity index (χ1v) is 10.6. The molecule has 1 aromatic rings. The van der Waals surface area contributed by atoms with E-state index >= 15 is 0 Å². The van der Waals surface area contributed by atoms with Gasteiger partial charge in [-0.15, -0.1) is 0 Å². The van der Waals surface area contributed by atoms with E-state index in [0.717, 1.165) is 0 Å². The fourth-order valence-corrected chi connectivity index (χ4v) is 4.25. The maximum absolute atomic E-state index is 12.8. The van der Waals surface area contributed by atoms with Crippen LogP contribution in [-0.4, -0.2) is 57.3 Å². The van der Waals surface area contributed by atoms with Crippen molar-refractivity contribution in [3.05, 3.63) is 40.5 Å². The van der Waals surface area contributed by atoms with Gasteiger partial charge in [0.2, 0.25) is 11.6 Å². The number of nitrogens with zero attached hydrogens (tertiary/aromatic N) is 2. The zero-order chi connectivity index (χ0) is 23.5. The summed E-state index contributed by atoms with van der Waals surface area (Å²) in [6, 6.07) is 5.32. The van der Waals surface area contributed by atoms with Gasteiger partial charge in [0.1, 0.15) is 17.4 Å². The lowest BCUT2D eigenvalue weighted by Gasteiger charge is -2.31. The summed E-state index contributed by atoms with van der Waals surface area (Å²) in [4.78, 5) is 27.0. The Labute approximate surface area is 191 Å². The molecule has 174 valence electrons. The quantitative estimate of drug-likeness (QED) is 0.726. The summed E-state index contributed by atoms with van der Waals surface area (Å²) >= 11 is 0. The minimum Gasteiger partial charge on any atom is -0.493 e. The lowest BCUT2D eigenvalue weighted by atomic mass is 9.77. The summed E-state index contributed by atoms with van der Waals surface area (Å²) in [7, 11) is 2.86. The van der Waals surface area contributed by atoms with Crippen molar-refractivity contribution in [3.8, 4) is 23.3 Å². The fourth-order valence-electron chi connectivity index (χ4n) is 4.25. The largest absolute Gasteiger partial charge is 0.493 e. The van der Waals surface area contributed by atoms with Crippen molar-refractivity contribution in [1.82, 2.24) is 4.90 Å². The number of ketones is 1. The van der Waals surface area contributed by atoms with E-state index in [1.165, 1.54) is 19.1 Å². The molecule has 2 heterocycles. The van der Waals surface area contributed by atoms with Gasteiger partial charge < -0.3 is 34.3 Å². The first-order valence-electron chi connectivity index (χ1n) is 10.6. The number of Topliss-reactive ketones (excluding diaryl/α,β-unsaturated/α-hetero) is 1. The molecule has 10 nitrogen and oxygen atoms in total. The number of allylic oxidation sites excluding steroid dienone is 3. The Bertz CT molecular complexity index is 1060. The molecule has 1 aliphatic carbocycles. The summed E-state index contributed by atoms with van der Waals surface area (Å²) in [5, 5.41) is 9.79. The zero-order valence-electron chi connectivity index (χ0n) is 18.5. The van der Waals surface area contributed by atoms with Crippen LogP contribution >= 0.6 is 0 Å². The second-order valence-corrected chi connectivity index (χ2v) is 7.76. The number of carbonyl (C=O) groups is 2. The number of carbonyl (C=O) groups excluding carboxylic acids is 2. The smallest absolute Gasteiger partial charge is 0.415 e. The predicted molar refractivity (Wildman–Crippen MR) is 114 cm³/mol. The molecule has 0 aromatic heterocycles. The highest BCUT2D eigenvalue weighted by molar-refractivity contribution is 5.99. The number of nitrogens with two attached hydrogens (primary N) is 1. The molecule has 10 heteroatoms.